The first-order valence-corrected chi connectivity index (χ1v) is 9.34. The van der Waals surface area contributed by atoms with Gasteiger partial charge >= 0.3 is 0 Å². The second-order valence-electron chi connectivity index (χ2n) is 7.74. The van der Waals surface area contributed by atoms with Crippen LogP contribution >= 0.6 is 0 Å². The fourth-order valence-corrected chi connectivity index (χ4v) is 2.85. The van der Waals surface area contributed by atoms with Crippen molar-refractivity contribution in [3.63, 3.8) is 0 Å². The number of nitrogens with one attached hydrogen (secondary N) is 1. The molecule has 0 aliphatic carbocycles. The quantitative estimate of drug-likeness (QED) is 0.666. The van der Waals surface area contributed by atoms with Crippen LogP contribution in [0.25, 0.3) is 11.3 Å². The highest BCUT2D eigenvalue weighted by Crippen LogP contribution is 2.22. The molecule has 2 aromatic heterocycles. The maximum atomic E-state index is 4.85. The minimum atomic E-state index is 0.0918. The first-order valence-electron chi connectivity index (χ1n) is 9.34. The number of likely N-dealkylation sites (N-methyl/N-ethyl adjacent to an activating group) is 1. The van der Waals surface area contributed by atoms with Crippen LogP contribution in [0.3, 0.4) is 0 Å². The molecule has 27 heavy (non-hydrogen) atoms. The summed E-state index contributed by atoms with van der Waals surface area (Å²) in [5.74, 6) is 0. The molecule has 0 unspecified atom stereocenters. The number of nitrogens with zero attached hydrogens (tertiary/aromatic N) is 4. The highest BCUT2D eigenvalue weighted by atomic mass is 15.3. The Bertz CT molecular complexity index is 838. The summed E-state index contributed by atoms with van der Waals surface area (Å²) in [6.07, 6.45) is 5.81. The lowest BCUT2D eigenvalue weighted by molar-refractivity contribution is 0.190. The SMILES string of the molecule is CN(C)C(C)(C)CNCc1cn(Cc2ccccc2)nc1-c1cccnc1. The average molecular weight is 364 g/mol. The van der Waals surface area contributed by atoms with E-state index < -0.39 is 0 Å². The molecule has 0 saturated heterocycles. The van der Waals surface area contributed by atoms with Crippen molar-refractivity contribution < 1.29 is 0 Å². The van der Waals surface area contributed by atoms with Gasteiger partial charge in [0, 0.05) is 48.3 Å². The molecular weight excluding hydrogens is 334 g/mol. The summed E-state index contributed by atoms with van der Waals surface area (Å²) in [5.41, 5.74) is 4.57. The molecule has 0 bridgehead atoms. The highest BCUT2D eigenvalue weighted by Gasteiger charge is 2.20. The number of benzene rings is 1. The predicted molar refractivity (Wildman–Crippen MR) is 110 cm³/mol. The van der Waals surface area contributed by atoms with Crippen LogP contribution in [0.2, 0.25) is 0 Å². The molecule has 3 aromatic rings. The van der Waals surface area contributed by atoms with Crippen LogP contribution in [0, 0.1) is 0 Å². The van der Waals surface area contributed by atoms with Crippen LogP contribution in [0.15, 0.2) is 61.1 Å². The zero-order chi connectivity index (χ0) is 19.3. The Labute approximate surface area is 162 Å². The summed E-state index contributed by atoms with van der Waals surface area (Å²) in [5, 5.41) is 8.45. The first kappa shape index (κ1) is 19.3. The van der Waals surface area contributed by atoms with E-state index in [4.69, 9.17) is 5.10 Å². The lowest BCUT2D eigenvalue weighted by atomic mass is 10.0. The standard InChI is InChI=1S/C22H29N5/c1-22(2,26(3)4)17-24-14-20-16-27(15-18-9-6-5-7-10-18)25-21(20)19-11-8-12-23-13-19/h5-13,16,24H,14-15,17H2,1-4H3. The van der Waals surface area contributed by atoms with E-state index in [1.165, 1.54) is 11.1 Å². The highest BCUT2D eigenvalue weighted by molar-refractivity contribution is 5.61. The van der Waals surface area contributed by atoms with E-state index in [1.807, 2.05) is 23.0 Å². The van der Waals surface area contributed by atoms with Gasteiger partial charge in [-0.3, -0.25) is 9.67 Å². The number of hydrogen-bond donors (Lipinski definition) is 1. The van der Waals surface area contributed by atoms with Crippen LogP contribution in [-0.2, 0) is 13.1 Å². The van der Waals surface area contributed by atoms with Gasteiger partial charge in [0.05, 0.1) is 12.2 Å². The largest absolute Gasteiger partial charge is 0.311 e. The summed E-state index contributed by atoms with van der Waals surface area (Å²) in [4.78, 5) is 6.50. The maximum absolute atomic E-state index is 4.85. The first-order chi connectivity index (χ1) is 13.0. The predicted octanol–water partition coefficient (Wildman–Crippen LogP) is 3.42. The fourth-order valence-electron chi connectivity index (χ4n) is 2.85. The summed E-state index contributed by atoms with van der Waals surface area (Å²) in [7, 11) is 4.22. The number of hydrogen-bond acceptors (Lipinski definition) is 4. The Kier molecular flexibility index (Phi) is 6.04. The summed E-state index contributed by atoms with van der Waals surface area (Å²) < 4.78 is 2.02. The Morgan fingerprint density at radius 2 is 1.85 bits per heavy atom. The lowest BCUT2D eigenvalue weighted by Crippen LogP contribution is -2.46. The van der Waals surface area contributed by atoms with Gasteiger partial charge in [-0.2, -0.15) is 5.10 Å². The van der Waals surface area contributed by atoms with Gasteiger partial charge in [0.1, 0.15) is 0 Å². The van der Waals surface area contributed by atoms with Crippen molar-refractivity contribution in [2.45, 2.75) is 32.5 Å². The smallest absolute Gasteiger partial charge is 0.0983 e. The van der Waals surface area contributed by atoms with Gasteiger partial charge in [-0.25, -0.2) is 0 Å². The van der Waals surface area contributed by atoms with Gasteiger partial charge in [0.25, 0.3) is 0 Å². The van der Waals surface area contributed by atoms with Crippen LogP contribution in [-0.4, -0.2) is 45.8 Å². The molecule has 0 atom stereocenters. The van der Waals surface area contributed by atoms with E-state index in [-0.39, 0.29) is 5.54 Å². The summed E-state index contributed by atoms with van der Waals surface area (Å²) in [6, 6.07) is 14.4. The van der Waals surface area contributed by atoms with Crippen LogP contribution in [0.4, 0.5) is 0 Å². The second-order valence-corrected chi connectivity index (χ2v) is 7.74. The number of rotatable bonds is 8. The zero-order valence-corrected chi connectivity index (χ0v) is 16.7. The monoisotopic (exact) mass is 363 g/mol. The molecule has 0 aliphatic heterocycles. The molecule has 1 aromatic carbocycles. The minimum Gasteiger partial charge on any atom is -0.311 e. The molecule has 0 spiro atoms. The molecule has 0 radical (unpaired) electrons. The number of pyridine rings is 1. The van der Waals surface area contributed by atoms with Gasteiger partial charge in [0.2, 0.25) is 0 Å². The van der Waals surface area contributed by atoms with Crippen LogP contribution in [0.1, 0.15) is 25.0 Å². The molecule has 3 rings (SSSR count). The van der Waals surface area contributed by atoms with Gasteiger partial charge < -0.3 is 10.2 Å². The molecule has 5 nitrogen and oxygen atoms in total. The van der Waals surface area contributed by atoms with Crippen molar-refractivity contribution >= 4 is 0 Å². The van der Waals surface area contributed by atoms with E-state index in [0.29, 0.717) is 0 Å². The van der Waals surface area contributed by atoms with E-state index in [9.17, 15) is 0 Å². The fraction of sp³-hybridized carbons (Fsp3) is 0.364. The molecule has 0 saturated carbocycles. The van der Waals surface area contributed by atoms with E-state index in [2.05, 4.69) is 79.7 Å². The normalized spacial score (nSPS) is 11.9. The molecule has 142 valence electrons. The summed E-state index contributed by atoms with van der Waals surface area (Å²) >= 11 is 0. The van der Waals surface area contributed by atoms with E-state index in [1.54, 1.807) is 6.20 Å². The van der Waals surface area contributed by atoms with Crippen LogP contribution in [0.5, 0.6) is 0 Å². The van der Waals surface area contributed by atoms with Crippen molar-refractivity contribution in [2.75, 3.05) is 20.6 Å². The maximum Gasteiger partial charge on any atom is 0.0983 e. The Morgan fingerprint density at radius 1 is 1.07 bits per heavy atom. The van der Waals surface area contributed by atoms with Crippen LogP contribution < -0.4 is 5.32 Å². The summed E-state index contributed by atoms with van der Waals surface area (Å²) in [6.45, 7) is 6.91. The topological polar surface area (TPSA) is 46.0 Å². The van der Waals surface area contributed by atoms with Crippen molar-refractivity contribution in [1.29, 1.82) is 0 Å². The minimum absolute atomic E-state index is 0.0918. The zero-order valence-electron chi connectivity index (χ0n) is 16.7. The van der Waals surface area contributed by atoms with Gasteiger partial charge in [-0.05, 0) is 45.6 Å². The second kappa shape index (κ2) is 8.46. The Morgan fingerprint density at radius 3 is 2.52 bits per heavy atom. The molecule has 5 heteroatoms. The van der Waals surface area contributed by atoms with E-state index >= 15 is 0 Å². The molecule has 1 N–H and O–H groups in total. The third-order valence-electron chi connectivity index (χ3n) is 5.04. The third kappa shape index (κ3) is 5.02. The molecule has 0 fully saturated rings. The number of aromatic nitrogens is 3. The van der Waals surface area contributed by atoms with Gasteiger partial charge in [-0.1, -0.05) is 30.3 Å². The Hall–Kier alpha value is -2.50. The lowest BCUT2D eigenvalue weighted by Gasteiger charge is -2.32. The molecule has 2 heterocycles. The van der Waals surface area contributed by atoms with Gasteiger partial charge in [-0.15, -0.1) is 0 Å². The van der Waals surface area contributed by atoms with Crippen molar-refractivity contribution in [1.82, 2.24) is 25.0 Å². The molecule has 0 amide bonds. The van der Waals surface area contributed by atoms with Gasteiger partial charge in [0.15, 0.2) is 0 Å². The molecule has 0 aliphatic rings. The van der Waals surface area contributed by atoms with E-state index in [0.717, 1.165) is 30.9 Å². The third-order valence-corrected chi connectivity index (χ3v) is 5.04. The average Bonchev–Trinajstić information content (AvgIpc) is 3.05. The van der Waals surface area contributed by atoms with Crippen molar-refractivity contribution in [3.8, 4) is 11.3 Å². The molecular formula is C22H29N5. The van der Waals surface area contributed by atoms with Crippen molar-refractivity contribution in [3.05, 3.63) is 72.2 Å². The Balaban J connectivity index is 1.80. The van der Waals surface area contributed by atoms with Crippen molar-refractivity contribution in [2.24, 2.45) is 0 Å².